The molecule has 4 nitrogen and oxygen atoms in total. The van der Waals surface area contributed by atoms with E-state index in [4.69, 9.17) is 9.47 Å². The van der Waals surface area contributed by atoms with E-state index in [1.165, 1.54) is 32.1 Å². The van der Waals surface area contributed by atoms with Crippen molar-refractivity contribution >= 4 is 5.91 Å². The molecule has 4 heteroatoms. The van der Waals surface area contributed by atoms with Crippen molar-refractivity contribution in [1.82, 2.24) is 4.90 Å². The molecular weight excluding hydrogens is 302 g/mol. The van der Waals surface area contributed by atoms with Gasteiger partial charge in [0.05, 0.1) is 6.61 Å². The van der Waals surface area contributed by atoms with Crippen LogP contribution in [0.4, 0.5) is 0 Å². The first-order valence-corrected chi connectivity index (χ1v) is 9.43. The van der Waals surface area contributed by atoms with Crippen LogP contribution in [0.1, 0.15) is 51.9 Å². The Morgan fingerprint density at radius 2 is 1.71 bits per heavy atom. The van der Waals surface area contributed by atoms with Gasteiger partial charge in [-0.25, -0.2) is 0 Å². The summed E-state index contributed by atoms with van der Waals surface area (Å²) in [6.07, 6.45) is 8.52. The molecule has 1 saturated heterocycles. The molecule has 2 aliphatic rings. The van der Waals surface area contributed by atoms with Gasteiger partial charge in [-0.3, -0.25) is 4.79 Å². The Hall–Kier alpha value is -1.71. The zero-order valence-electron chi connectivity index (χ0n) is 14.7. The fourth-order valence-corrected chi connectivity index (χ4v) is 4.01. The van der Waals surface area contributed by atoms with E-state index in [9.17, 15) is 4.79 Å². The molecule has 1 aromatic carbocycles. The number of ether oxygens (including phenoxy) is 2. The molecule has 0 spiro atoms. The minimum atomic E-state index is 0.135. The molecule has 1 aliphatic carbocycles. The smallest absolute Gasteiger partial charge is 0.260 e. The van der Waals surface area contributed by atoms with Crippen LogP contribution >= 0.6 is 0 Å². The molecule has 132 valence electrons. The van der Waals surface area contributed by atoms with Gasteiger partial charge in [0.2, 0.25) is 0 Å². The summed E-state index contributed by atoms with van der Waals surface area (Å²) in [6, 6.07) is 7.99. The SMILES string of the molecule is CCCOc1ccc(OCC(=O)N2CCCC2C2CCCC2)cc1. The molecule has 0 N–H and O–H groups in total. The average Bonchev–Trinajstić information content (AvgIpc) is 3.29. The Kier molecular flexibility index (Phi) is 6.00. The molecule has 3 rings (SSSR count). The van der Waals surface area contributed by atoms with Crippen LogP contribution < -0.4 is 9.47 Å². The predicted molar refractivity (Wildman–Crippen MR) is 94.4 cm³/mol. The summed E-state index contributed by atoms with van der Waals surface area (Å²) in [4.78, 5) is 14.6. The molecule has 1 unspecified atom stereocenters. The van der Waals surface area contributed by atoms with E-state index in [-0.39, 0.29) is 12.5 Å². The van der Waals surface area contributed by atoms with E-state index in [1.807, 2.05) is 24.3 Å². The highest BCUT2D eigenvalue weighted by Gasteiger charge is 2.35. The summed E-state index contributed by atoms with van der Waals surface area (Å²) < 4.78 is 11.3. The highest BCUT2D eigenvalue weighted by molar-refractivity contribution is 5.78. The largest absolute Gasteiger partial charge is 0.494 e. The van der Waals surface area contributed by atoms with Crippen LogP contribution in [0.3, 0.4) is 0 Å². The van der Waals surface area contributed by atoms with Gasteiger partial charge in [-0.15, -0.1) is 0 Å². The number of benzene rings is 1. The van der Waals surface area contributed by atoms with E-state index in [2.05, 4.69) is 11.8 Å². The zero-order chi connectivity index (χ0) is 16.8. The van der Waals surface area contributed by atoms with E-state index >= 15 is 0 Å². The zero-order valence-corrected chi connectivity index (χ0v) is 14.7. The van der Waals surface area contributed by atoms with Crippen LogP contribution in [0, 0.1) is 5.92 Å². The molecule has 0 aromatic heterocycles. The predicted octanol–water partition coefficient (Wildman–Crippen LogP) is 4.04. The first kappa shape index (κ1) is 17.1. The van der Waals surface area contributed by atoms with Gasteiger partial charge in [0, 0.05) is 12.6 Å². The Morgan fingerprint density at radius 1 is 1.04 bits per heavy atom. The third-order valence-electron chi connectivity index (χ3n) is 5.22. The summed E-state index contributed by atoms with van der Waals surface area (Å²) in [7, 11) is 0. The molecule has 1 aromatic rings. The summed E-state index contributed by atoms with van der Waals surface area (Å²) in [5, 5.41) is 0. The maximum Gasteiger partial charge on any atom is 0.260 e. The number of hydrogen-bond donors (Lipinski definition) is 0. The van der Waals surface area contributed by atoms with Crippen LogP contribution in [-0.4, -0.2) is 36.6 Å². The van der Waals surface area contributed by atoms with Gasteiger partial charge in [0.15, 0.2) is 6.61 Å². The number of carbonyl (C=O) groups excluding carboxylic acids is 1. The lowest BCUT2D eigenvalue weighted by Crippen LogP contribution is -2.41. The lowest BCUT2D eigenvalue weighted by molar-refractivity contribution is -0.135. The van der Waals surface area contributed by atoms with Crippen LogP contribution in [0.5, 0.6) is 11.5 Å². The standard InChI is InChI=1S/C20H29NO3/c1-2-14-23-17-9-11-18(12-10-17)24-15-20(22)21-13-5-8-19(21)16-6-3-4-7-16/h9-12,16,19H,2-8,13-15H2,1H3. The summed E-state index contributed by atoms with van der Waals surface area (Å²) in [5.41, 5.74) is 0. The van der Waals surface area contributed by atoms with Crippen LogP contribution in [0.15, 0.2) is 24.3 Å². The highest BCUT2D eigenvalue weighted by atomic mass is 16.5. The second kappa shape index (κ2) is 8.41. The number of nitrogens with zero attached hydrogens (tertiary/aromatic N) is 1. The third kappa shape index (κ3) is 4.22. The van der Waals surface area contributed by atoms with Crippen molar-refractivity contribution in [2.45, 2.75) is 57.9 Å². The van der Waals surface area contributed by atoms with Crippen molar-refractivity contribution in [3.8, 4) is 11.5 Å². The van der Waals surface area contributed by atoms with Crippen molar-refractivity contribution in [1.29, 1.82) is 0 Å². The molecule has 24 heavy (non-hydrogen) atoms. The van der Waals surface area contributed by atoms with Crippen molar-refractivity contribution in [3.63, 3.8) is 0 Å². The van der Waals surface area contributed by atoms with Gasteiger partial charge >= 0.3 is 0 Å². The minimum absolute atomic E-state index is 0.135. The monoisotopic (exact) mass is 331 g/mol. The van der Waals surface area contributed by atoms with Gasteiger partial charge in [0.1, 0.15) is 11.5 Å². The lowest BCUT2D eigenvalue weighted by atomic mass is 9.96. The lowest BCUT2D eigenvalue weighted by Gasteiger charge is -2.29. The molecular formula is C20H29NO3. The molecule has 0 bridgehead atoms. The molecule has 1 atom stereocenters. The van der Waals surface area contributed by atoms with Gasteiger partial charge in [-0.2, -0.15) is 0 Å². The van der Waals surface area contributed by atoms with E-state index in [0.29, 0.717) is 12.0 Å². The molecule has 2 fully saturated rings. The van der Waals surface area contributed by atoms with Gasteiger partial charge in [-0.05, 0) is 62.3 Å². The van der Waals surface area contributed by atoms with Gasteiger partial charge in [-0.1, -0.05) is 19.8 Å². The normalized spacial score (nSPS) is 21.2. The Morgan fingerprint density at radius 3 is 2.38 bits per heavy atom. The molecule has 1 amide bonds. The number of carbonyl (C=O) groups is 1. The molecule has 1 aliphatic heterocycles. The van der Waals surface area contributed by atoms with E-state index in [1.54, 1.807) is 0 Å². The third-order valence-corrected chi connectivity index (χ3v) is 5.22. The Bertz CT molecular complexity index is 522. The van der Waals surface area contributed by atoms with Crippen molar-refractivity contribution in [2.75, 3.05) is 19.8 Å². The van der Waals surface area contributed by atoms with Crippen LogP contribution in [0.2, 0.25) is 0 Å². The van der Waals surface area contributed by atoms with E-state index < -0.39 is 0 Å². The summed E-state index contributed by atoms with van der Waals surface area (Å²) in [6.45, 7) is 3.84. The summed E-state index contributed by atoms with van der Waals surface area (Å²) >= 11 is 0. The number of amides is 1. The molecule has 1 heterocycles. The average molecular weight is 331 g/mol. The first-order valence-electron chi connectivity index (χ1n) is 9.43. The fraction of sp³-hybridized carbons (Fsp3) is 0.650. The quantitative estimate of drug-likeness (QED) is 0.757. The Labute approximate surface area is 145 Å². The van der Waals surface area contributed by atoms with E-state index in [0.717, 1.165) is 37.5 Å². The Balaban J connectivity index is 1.49. The van der Waals surface area contributed by atoms with Gasteiger partial charge in [0.25, 0.3) is 5.91 Å². The second-order valence-corrected chi connectivity index (χ2v) is 6.95. The maximum absolute atomic E-state index is 12.6. The minimum Gasteiger partial charge on any atom is -0.494 e. The number of likely N-dealkylation sites (tertiary alicyclic amines) is 1. The number of rotatable bonds is 7. The van der Waals surface area contributed by atoms with Crippen molar-refractivity contribution in [2.24, 2.45) is 5.92 Å². The topological polar surface area (TPSA) is 38.8 Å². The summed E-state index contributed by atoms with van der Waals surface area (Å²) in [5.74, 6) is 2.42. The van der Waals surface area contributed by atoms with Gasteiger partial charge < -0.3 is 14.4 Å². The maximum atomic E-state index is 12.6. The first-order chi connectivity index (χ1) is 11.8. The highest BCUT2D eigenvalue weighted by Crippen LogP contribution is 2.35. The van der Waals surface area contributed by atoms with Crippen LogP contribution in [0.25, 0.3) is 0 Å². The second-order valence-electron chi connectivity index (χ2n) is 6.95. The van der Waals surface area contributed by atoms with Crippen LogP contribution in [-0.2, 0) is 4.79 Å². The van der Waals surface area contributed by atoms with Crippen molar-refractivity contribution in [3.05, 3.63) is 24.3 Å². The molecule has 1 saturated carbocycles. The van der Waals surface area contributed by atoms with Crippen molar-refractivity contribution < 1.29 is 14.3 Å². The molecule has 0 radical (unpaired) electrons. The fourth-order valence-electron chi connectivity index (χ4n) is 4.01. The number of hydrogen-bond acceptors (Lipinski definition) is 3.